The molecule has 82 valence electrons. The van der Waals surface area contributed by atoms with E-state index in [4.69, 9.17) is 5.11 Å². The SMILES string of the molecule is O=C(O)CSCCNC(=O)c1cnns1. The van der Waals surface area contributed by atoms with Gasteiger partial charge in [-0.15, -0.1) is 16.9 Å². The van der Waals surface area contributed by atoms with Gasteiger partial charge in [0.05, 0.1) is 11.9 Å². The number of thioether (sulfide) groups is 1. The Hall–Kier alpha value is -1.15. The number of hydrogen-bond acceptors (Lipinski definition) is 6. The van der Waals surface area contributed by atoms with Crippen LogP contribution in [-0.4, -0.2) is 44.6 Å². The highest BCUT2D eigenvalue weighted by molar-refractivity contribution is 7.99. The first-order chi connectivity index (χ1) is 7.20. The maximum Gasteiger partial charge on any atom is 0.313 e. The normalized spacial score (nSPS) is 9.87. The van der Waals surface area contributed by atoms with Gasteiger partial charge in [0.1, 0.15) is 4.88 Å². The second-order valence-electron chi connectivity index (χ2n) is 2.48. The highest BCUT2D eigenvalue weighted by Gasteiger charge is 2.06. The third-order valence-electron chi connectivity index (χ3n) is 1.34. The van der Waals surface area contributed by atoms with E-state index in [1.807, 2.05) is 0 Å². The van der Waals surface area contributed by atoms with Crippen LogP contribution in [0.1, 0.15) is 9.67 Å². The molecular formula is C7H9N3O3S2. The predicted octanol–water partition coefficient (Wildman–Crippen LogP) is 0.0857. The molecule has 0 saturated carbocycles. The fourth-order valence-electron chi connectivity index (χ4n) is 0.751. The predicted molar refractivity (Wildman–Crippen MR) is 57.2 cm³/mol. The van der Waals surface area contributed by atoms with Crippen LogP contribution in [0.25, 0.3) is 0 Å². The van der Waals surface area contributed by atoms with Crippen molar-refractivity contribution in [3.05, 3.63) is 11.1 Å². The Kier molecular flexibility index (Phi) is 5.05. The van der Waals surface area contributed by atoms with E-state index in [0.717, 1.165) is 11.5 Å². The van der Waals surface area contributed by atoms with Crippen molar-refractivity contribution >= 4 is 35.2 Å². The molecule has 2 N–H and O–H groups in total. The number of carbonyl (C=O) groups excluding carboxylic acids is 1. The molecule has 8 heteroatoms. The van der Waals surface area contributed by atoms with Gasteiger partial charge in [-0.25, -0.2) is 0 Å². The van der Waals surface area contributed by atoms with Crippen molar-refractivity contribution in [2.45, 2.75) is 0 Å². The molecule has 1 aromatic heterocycles. The number of carbonyl (C=O) groups is 2. The zero-order valence-electron chi connectivity index (χ0n) is 7.67. The lowest BCUT2D eigenvalue weighted by Crippen LogP contribution is -2.25. The summed E-state index contributed by atoms with van der Waals surface area (Å²) in [5, 5.41) is 14.5. The summed E-state index contributed by atoms with van der Waals surface area (Å²) in [6.45, 7) is 0.439. The summed E-state index contributed by atoms with van der Waals surface area (Å²) in [6, 6.07) is 0. The molecule has 0 spiro atoms. The van der Waals surface area contributed by atoms with Gasteiger partial charge in [-0.1, -0.05) is 4.49 Å². The first-order valence-electron chi connectivity index (χ1n) is 4.05. The number of carboxylic acids is 1. The molecule has 1 aromatic rings. The minimum Gasteiger partial charge on any atom is -0.481 e. The van der Waals surface area contributed by atoms with E-state index in [0.29, 0.717) is 17.2 Å². The summed E-state index contributed by atoms with van der Waals surface area (Å²) in [4.78, 5) is 21.9. The van der Waals surface area contributed by atoms with E-state index in [-0.39, 0.29) is 11.7 Å². The number of carboxylic acid groups (broad SMARTS) is 1. The van der Waals surface area contributed by atoms with Crippen molar-refractivity contribution < 1.29 is 14.7 Å². The van der Waals surface area contributed by atoms with Crippen LogP contribution in [0.5, 0.6) is 0 Å². The van der Waals surface area contributed by atoms with Gasteiger partial charge in [0.2, 0.25) is 0 Å². The first-order valence-corrected chi connectivity index (χ1v) is 5.98. The van der Waals surface area contributed by atoms with E-state index in [1.165, 1.54) is 18.0 Å². The summed E-state index contributed by atoms with van der Waals surface area (Å²) >= 11 is 2.28. The van der Waals surface area contributed by atoms with Crippen LogP contribution in [0, 0.1) is 0 Å². The highest BCUT2D eigenvalue weighted by atomic mass is 32.2. The maximum absolute atomic E-state index is 11.3. The summed E-state index contributed by atoms with van der Waals surface area (Å²) < 4.78 is 3.56. The molecule has 0 unspecified atom stereocenters. The average Bonchev–Trinajstić information content (AvgIpc) is 2.69. The second kappa shape index (κ2) is 6.36. The Labute approximate surface area is 94.2 Å². The fourth-order valence-corrected chi connectivity index (χ4v) is 1.75. The van der Waals surface area contributed by atoms with Crippen LogP contribution < -0.4 is 5.32 Å². The molecule has 1 rings (SSSR count). The Bertz CT molecular complexity index is 328. The van der Waals surface area contributed by atoms with Crippen molar-refractivity contribution in [2.75, 3.05) is 18.1 Å². The molecule has 0 bridgehead atoms. The number of nitrogens with one attached hydrogen (secondary N) is 1. The highest BCUT2D eigenvalue weighted by Crippen LogP contribution is 2.01. The van der Waals surface area contributed by atoms with Gasteiger partial charge in [0, 0.05) is 12.3 Å². The van der Waals surface area contributed by atoms with Gasteiger partial charge in [-0.05, 0) is 11.5 Å². The molecule has 1 amide bonds. The molecule has 6 nitrogen and oxygen atoms in total. The lowest BCUT2D eigenvalue weighted by atomic mass is 10.5. The van der Waals surface area contributed by atoms with Gasteiger partial charge in [0.15, 0.2) is 0 Å². The molecule has 0 saturated heterocycles. The van der Waals surface area contributed by atoms with Crippen LogP contribution in [0.15, 0.2) is 6.20 Å². The number of rotatable bonds is 6. The summed E-state index contributed by atoms with van der Waals surface area (Å²) in [5.41, 5.74) is 0. The van der Waals surface area contributed by atoms with E-state index in [1.54, 1.807) is 0 Å². The van der Waals surface area contributed by atoms with E-state index < -0.39 is 5.97 Å². The third-order valence-corrected chi connectivity index (χ3v) is 2.95. The average molecular weight is 247 g/mol. The molecule has 0 atom stereocenters. The molecule has 0 radical (unpaired) electrons. The fraction of sp³-hybridized carbons (Fsp3) is 0.429. The summed E-state index contributed by atoms with van der Waals surface area (Å²) in [6.07, 6.45) is 1.39. The zero-order valence-corrected chi connectivity index (χ0v) is 9.31. The summed E-state index contributed by atoms with van der Waals surface area (Å²) in [5.74, 6) is -0.443. The molecule has 1 heterocycles. The number of aliphatic carboxylic acids is 1. The minimum atomic E-state index is -0.849. The largest absolute Gasteiger partial charge is 0.481 e. The van der Waals surface area contributed by atoms with E-state index >= 15 is 0 Å². The van der Waals surface area contributed by atoms with E-state index in [9.17, 15) is 9.59 Å². The lowest BCUT2D eigenvalue weighted by molar-refractivity contribution is -0.133. The van der Waals surface area contributed by atoms with E-state index in [2.05, 4.69) is 14.9 Å². The van der Waals surface area contributed by atoms with Crippen LogP contribution in [0.3, 0.4) is 0 Å². The van der Waals surface area contributed by atoms with Crippen LogP contribution in [0.2, 0.25) is 0 Å². The van der Waals surface area contributed by atoms with Crippen LogP contribution in [0.4, 0.5) is 0 Å². The Morgan fingerprint density at radius 1 is 1.60 bits per heavy atom. The minimum absolute atomic E-state index is 0.0536. The van der Waals surface area contributed by atoms with Gasteiger partial charge >= 0.3 is 5.97 Å². The lowest BCUT2D eigenvalue weighted by Gasteiger charge is -2.01. The number of nitrogens with zero attached hydrogens (tertiary/aromatic N) is 2. The Morgan fingerprint density at radius 3 is 3.00 bits per heavy atom. The van der Waals surface area contributed by atoms with Gasteiger partial charge in [-0.3, -0.25) is 9.59 Å². The first kappa shape index (κ1) is 11.9. The summed E-state index contributed by atoms with van der Waals surface area (Å²) in [7, 11) is 0. The molecule has 0 aromatic carbocycles. The van der Waals surface area contributed by atoms with Crippen LogP contribution >= 0.6 is 23.3 Å². The van der Waals surface area contributed by atoms with Crippen LogP contribution in [-0.2, 0) is 4.79 Å². The Morgan fingerprint density at radius 2 is 2.40 bits per heavy atom. The molecule has 0 fully saturated rings. The van der Waals surface area contributed by atoms with Crippen molar-refractivity contribution in [1.82, 2.24) is 14.9 Å². The van der Waals surface area contributed by atoms with Gasteiger partial charge < -0.3 is 10.4 Å². The number of amides is 1. The maximum atomic E-state index is 11.3. The molecule has 0 aliphatic carbocycles. The third kappa shape index (κ3) is 4.75. The standard InChI is InChI=1S/C7H9N3O3S2/c11-6(12)4-14-2-1-8-7(13)5-3-9-10-15-5/h3H,1-2,4H2,(H,8,13)(H,11,12). The topological polar surface area (TPSA) is 92.2 Å². The molecular weight excluding hydrogens is 238 g/mol. The van der Waals surface area contributed by atoms with Crippen molar-refractivity contribution in [3.63, 3.8) is 0 Å². The molecule has 15 heavy (non-hydrogen) atoms. The van der Waals surface area contributed by atoms with Crippen molar-refractivity contribution in [3.8, 4) is 0 Å². The quantitative estimate of drug-likeness (QED) is 0.692. The van der Waals surface area contributed by atoms with Crippen molar-refractivity contribution in [1.29, 1.82) is 0 Å². The Balaban J connectivity index is 2.10. The number of aromatic nitrogens is 2. The van der Waals surface area contributed by atoms with Gasteiger partial charge in [0.25, 0.3) is 5.91 Å². The smallest absolute Gasteiger partial charge is 0.313 e. The number of hydrogen-bond donors (Lipinski definition) is 2. The molecule has 0 aliphatic rings. The monoisotopic (exact) mass is 247 g/mol. The van der Waals surface area contributed by atoms with Gasteiger partial charge in [-0.2, -0.15) is 0 Å². The molecule has 0 aliphatic heterocycles. The van der Waals surface area contributed by atoms with Crippen molar-refractivity contribution in [2.24, 2.45) is 0 Å². The zero-order chi connectivity index (χ0) is 11.1. The second-order valence-corrected chi connectivity index (χ2v) is 4.37.